The highest BCUT2D eigenvalue weighted by molar-refractivity contribution is 5.96. The van der Waals surface area contributed by atoms with Gasteiger partial charge in [-0.15, -0.1) is 0 Å². The number of aliphatic hydroxyl groups is 3. The van der Waals surface area contributed by atoms with E-state index in [0.717, 1.165) is 6.92 Å². The Balaban J connectivity index is 1.28. The van der Waals surface area contributed by atoms with Crippen molar-refractivity contribution in [3.05, 3.63) is 113 Å². The summed E-state index contributed by atoms with van der Waals surface area (Å²) in [4.78, 5) is 70.9. The molecule has 6 unspecified atom stereocenters. The summed E-state index contributed by atoms with van der Waals surface area (Å²) in [5, 5.41) is 40.4. The maximum atomic E-state index is 15.5. The smallest absolute Gasteiger partial charge is 0.342 e. The quantitative estimate of drug-likeness (QED) is 0.151. The molecule has 4 N–H and O–H groups in total. The molecule has 0 aromatic heterocycles. The van der Waals surface area contributed by atoms with Crippen molar-refractivity contribution in [1.82, 2.24) is 5.32 Å². The molecule has 2 heterocycles. The zero-order chi connectivity index (χ0) is 44.5. The van der Waals surface area contributed by atoms with E-state index in [1.807, 2.05) is 0 Å². The Bertz CT molecular complexity index is 2310. The molecule has 0 radical (unpaired) electrons. The molecular weight excluding hydrogens is 803 g/mol. The number of para-hydroxylation sites is 1. The molecule has 1 saturated heterocycles. The number of aliphatic hydroxyl groups excluding tert-OH is 2. The van der Waals surface area contributed by atoms with Gasteiger partial charge in [-0.2, -0.15) is 0 Å². The van der Waals surface area contributed by atoms with E-state index >= 15 is 4.79 Å². The molecule has 15 nitrogen and oxygen atoms in total. The second-order valence-electron chi connectivity index (χ2n) is 17.7. The first-order chi connectivity index (χ1) is 29.3. The molecule has 3 aromatic carbocycles. The molecule has 5 aliphatic rings. The van der Waals surface area contributed by atoms with Crippen LogP contribution >= 0.6 is 0 Å². The number of carbonyl (C=O) groups excluding carboxylic acids is 5. The number of fused-ring (bicyclic) bond motifs is 4. The minimum Gasteiger partial charge on any atom is -0.464 e. The molecule has 3 fully saturated rings. The highest BCUT2D eigenvalue weighted by atomic mass is 16.7. The number of nitrogens with one attached hydrogen (secondary N) is 1. The fourth-order valence-corrected chi connectivity index (χ4v) is 10.6. The van der Waals surface area contributed by atoms with Crippen molar-refractivity contribution >= 4 is 29.6 Å². The summed E-state index contributed by atoms with van der Waals surface area (Å²) < 4.78 is 37.5. The van der Waals surface area contributed by atoms with Gasteiger partial charge in [0.1, 0.15) is 34.7 Å². The molecule has 3 aromatic rings. The minimum absolute atomic E-state index is 0.00990. The van der Waals surface area contributed by atoms with Crippen molar-refractivity contribution in [2.45, 2.75) is 115 Å². The van der Waals surface area contributed by atoms with Crippen LogP contribution in [0.1, 0.15) is 86.7 Å². The summed E-state index contributed by atoms with van der Waals surface area (Å²) >= 11 is 0. The van der Waals surface area contributed by atoms with Crippen LogP contribution in [0, 0.1) is 16.7 Å². The summed E-state index contributed by atoms with van der Waals surface area (Å²) in [5.41, 5.74) is -6.45. The maximum absolute atomic E-state index is 15.5. The molecule has 2 aliphatic heterocycles. The molecular formula is C47H51NO14. The normalized spacial score (nSPS) is 34.4. The second-order valence-corrected chi connectivity index (χ2v) is 17.7. The molecule has 1 amide bonds. The molecule has 2 bridgehead atoms. The van der Waals surface area contributed by atoms with Crippen LogP contribution in [0.25, 0.3) is 0 Å². The third-order valence-electron chi connectivity index (χ3n) is 13.9. The summed E-state index contributed by atoms with van der Waals surface area (Å²) in [6, 6.07) is 21.6. The van der Waals surface area contributed by atoms with Crippen LogP contribution in [-0.2, 0) is 38.1 Å². The maximum Gasteiger partial charge on any atom is 0.342 e. The Labute approximate surface area is 358 Å². The van der Waals surface area contributed by atoms with Crippen LogP contribution < -0.4 is 10.1 Å². The molecule has 15 heteroatoms. The predicted octanol–water partition coefficient (Wildman–Crippen LogP) is 3.93. The first-order valence-corrected chi connectivity index (χ1v) is 20.7. The van der Waals surface area contributed by atoms with Crippen molar-refractivity contribution in [2.75, 3.05) is 6.61 Å². The SMILES string of the molecule is CC(=O)OC1C(=O)[C@@]2(C)C3[C@@H](OC(=O)c4ccccc4OC(C)O[C@]34CO[C@@H]4C[C@@H]2O)[C@]2(O)CC(OC(=O)C(O)C(NC(=O)c3ccccc3)c3ccccc3)C(C)=C1C2(C)C. The van der Waals surface area contributed by atoms with Gasteiger partial charge in [0, 0.05) is 36.7 Å². The number of amides is 1. The van der Waals surface area contributed by atoms with E-state index in [0.29, 0.717) is 5.56 Å². The lowest BCUT2D eigenvalue weighted by Gasteiger charge is -2.68. The average Bonchev–Trinajstić information content (AvgIpc) is 3.24. The van der Waals surface area contributed by atoms with Gasteiger partial charge in [-0.3, -0.25) is 14.4 Å². The van der Waals surface area contributed by atoms with Gasteiger partial charge in [-0.1, -0.05) is 74.5 Å². The van der Waals surface area contributed by atoms with Crippen LogP contribution in [0.15, 0.2) is 96.1 Å². The third kappa shape index (κ3) is 6.72. The van der Waals surface area contributed by atoms with Gasteiger partial charge in [0.2, 0.25) is 0 Å². The number of rotatable bonds is 7. The highest BCUT2D eigenvalue weighted by Gasteiger charge is 2.78. The summed E-state index contributed by atoms with van der Waals surface area (Å²) in [6.45, 7) is 8.86. The standard InChI is InChI=1S/C47H51NO14/c1-24-31(60-43(55)36(51)35(27-15-9-7-10-16-27)48-41(53)28-17-11-8-12-18-28)22-47(56)40-38-45(6,39(52)37(58-25(2)49)34(24)44(47,4)5)32(50)21-33-46(38,23-57-33)62-26(3)59-30-20-14-13-19-29(30)42(54)61-40/h7-20,26,31-33,35-38,40,50-51,56H,21-23H2,1-6H3,(H,48,53)/t26?,31?,32-,33+,35?,36?,37?,38?,40+,45+,46-,47+/m0/s1. The van der Waals surface area contributed by atoms with Crippen molar-refractivity contribution in [1.29, 1.82) is 0 Å². The third-order valence-corrected chi connectivity index (χ3v) is 13.9. The molecule has 62 heavy (non-hydrogen) atoms. The van der Waals surface area contributed by atoms with E-state index in [1.54, 1.807) is 107 Å². The van der Waals surface area contributed by atoms with E-state index in [9.17, 15) is 34.5 Å². The van der Waals surface area contributed by atoms with Gasteiger partial charge < -0.3 is 49.1 Å². The van der Waals surface area contributed by atoms with Crippen molar-refractivity contribution in [3.8, 4) is 5.75 Å². The Morgan fingerprint density at radius 1 is 0.903 bits per heavy atom. The second kappa shape index (κ2) is 15.7. The van der Waals surface area contributed by atoms with E-state index < -0.39 is 113 Å². The Kier molecular flexibility index (Phi) is 11.0. The van der Waals surface area contributed by atoms with E-state index in [4.69, 9.17) is 28.4 Å². The average molecular weight is 854 g/mol. The topological polar surface area (TPSA) is 213 Å². The fourth-order valence-electron chi connectivity index (χ4n) is 10.6. The largest absolute Gasteiger partial charge is 0.464 e. The van der Waals surface area contributed by atoms with Crippen LogP contribution in [-0.4, -0.2) is 106 Å². The lowest BCUT2D eigenvalue weighted by atomic mass is 9.44. The predicted molar refractivity (Wildman–Crippen MR) is 217 cm³/mol. The van der Waals surface area contributed by atoms with Crippen LogP contribution in [0.5, 0.6) is 5.75 Å². The van der Waals surface area contributed by atoms with E-state index in [1.165, 1.54) is 13.0 Å². The van der Waals surface area contributed by atoms with Crippen LogP contribution in [0.3, 0.4) is 0 Å². The van der Waals surface area contributed by atoms with Gasteiger partial charge in [0.25, 0.3) is 5.91 Å². The summed E-state index contributed by atoms with van der Waals surface area (Å²) in [6.07, 6.45) is -10.9. The molecule has 12 atom stereocenters. The minimum atomic E-state index is -2.30. The molecule has 3 aliphatic carbocycles. The zero-order valence-corrected chi connectivity index (χ0v) is 35.2. The number of Topliss-reactive ketones (excluding diaryl/α,β-unsaturated/α-hetero) is 1. The number of ketones is 1. The van der Waals surface area contributed by atoms with Crippen molar-refractivity contribution in [2.24, 2.45) is 16.7 Å². The first kappa shape index (κ1) is 43.2. The summed E-state index contributed by atoms with van der Waals surface area (Å²) in [5.74, 6) is -5.56. The number of carbonyl (C=O) groups is 5. The fraction of sp³-hybridized carbons (Fsp3) is 0.468. The monoisotopic (exact) mass is 853 g/mol. The van der Waals surface area contributed by atoms with Gasteiger partial charge >= 0.3 is 17.9 Å². The lowest BCUT2D eigenvalue weighted by molar-refractivity contribution is -0.378. The van der Waals surface area contributed by atoms with Gasteiger partial charge in [-0.05, 0) is 61.7 Å². The zero-order valence-electron chi connectivity index (χ0n) is 35.2. The van der Waals surface area contributed by atoms with Crippen LogP contribution in [0.2, 0.25) is 0 Å². The van der Waals surface area contributed by atoms with Crippen molar-refractivity contribution < 1.29 is 67.7 Å². The Hall–Kier alpha value is -5.45. The summed E-state index contributed by atoms with van der Waals surface area (Å²) in [7, 11) is 0. The van der Waals surface area contributed by atoms with Crippen molar-refractivity contribution in [3.63, 3.8) is 0 Å². The number of hydrogen-bond acceptors (Lipinski definition) is 14. The number of benzene rings is 3. The van der Waals surface area contributed by atoms with Gasteiger partial charge in [-0.25, -0.2) is 9.59 Å². The molecule has 8 rings (SSSR count). The Morgan fingerprint density at radius 2 is 1.55 bits per heavy atom. The molecule has 2 saturated carbocycles. The number of esters is 3. The van der Waals surface area contributed by atoms with Crippen LogP contribution in [0.4, 0.5) is 0 Å². The van der Waals surface area contributed by atoms with Gasteiger partial charge in [0.15, 0.2) is 24.3 Å². The van der Waals surface area contributed by atoms with E-state index in [-0.39, 0.29) is 41.1 Å². The number of ether oxygens (including phenoxy) is 6. The lowest BCUT2D eigenvalue weighted by Crippen LogP contribution is -2.82. The van der Waals surface area contributed by atoms with E-state index in [2.05, 4.69) is 5.32 Å². The van der Waals surface area contributed by atoms with Gasteiger partial charge in [0.05, 0.1) is 30.3 Å². The highest BCUT2D eigenvalue weighted by Crippen LogP contribution is 2.65. The molecule has 1 spiro atoms. The molecule has 328 valence electrons. The first-order valence-electron chi connectivity index (χ1n) is 20.7. The number of hydrogen-bond donors (Lipinski definition) is 4. The Morgan fingerprint density at radius 3 is 2.19 bits per heavy atom.